The Labute approximate surface area is 133 Å². The van der Waals surface area contributed by atoms with Gasteiger partial charge in [0.05, 0.1) is 0 Å². The lowest BCUT2D eigenvalue weighted by atomic mass is 9.57. The highest BCUT2D eigenvalue weighted by Gasteiger charge is 2.49. The minimum absolute atomic E-state index is 0.155. The number of amides is 2. The van der Waals surface area contributed by atoms with Gasteiger partial charge in [0.25, 0.3) is 0 Å². The van der Waals surface area contributed by atoms with Crippen LogP contribution in [-0.2, 0) is 9.59 Å². The number of carbonyl (C=O) groups is 2. The lowest BCUT2D eigenvalue weighted by Crippen LogP contribution is -2.57. The van der Waals surface area contributed by atoms with E-state index in [0.29, 0.717) is 17.8 Å². The van der Waals surface area contributed by atoms with Crippen LogP contribution in [0.15, 0.2) is 0 Å². The summed E-state index contributed by atoms with van der Waals surface area (Å²) >= 11 is 0. The largest absolute Gasteiger partial charge is 0.369 e. The first-order chi connectivity index (χ1) is 10.2. The average Bonchev–Trinajstić information content (AvgIpc) is 2.39. The molecule has 0 saturated heterocycles. The van der Waals surface area contributed by atoms with Crippen LogP contribution in [0.3, 0.4) is 0 Å². The molecule has 4 heteroatoms. The van der Waals surface area contributed by atoms with Crippen molar-refractivity contribution in [2.45, 2.75) is 71.8 Å². The van der Waals surface area contributed by atoms with Crippen LogP contribution in [0.25, 0.3) is 0 Å². The predicted octanol–water partition coefficient (Wildman–Crippen LogP) is 2.61. The Morgan fingerprint density at radius 3 is 2.32 bits per heavy atom. The van der Waals surface area contributed by atoms with E-state index < -0.39 is 5.41 Å². The lowest BCUT2D eigenvalue weighted by Gasteiger charge is -2.51. The lowest BCUT2D eigenvalue weighted by molar-refractivity contribution is -0.138. The van der Waals surface area contributed by atoms with Gasteiger partial charge in [-0.05, 0) is 56.3 Å². The maximum absolute atomic E-state index is 12.6. The van der Waals surface area contributed by atoms with Crippen molar-refractivity contribution < 1.29 is 9.59 Å². The summed E-state index contributed by atoms with van der Waals surface area (Å²) in [5.41, 5.74) is 5.11. The van der Waals surface area contributed by atoms with E-state index in [-0.39, 0.29) is 23.3 Å². The van der Waals surface area contributed by atoms with Gasteiger partial charge in [-0.2, -0.15) is 0 Å². The molecule has 0 heterocycles. The smallest absolute Gasteiger partial charge is 0.226 e. The molecule has 0 aromatic heterocycles. The van der Waals surface area contributed by atoms with Gasteiger partial charge in [0.1, 0.15) is 0 Å². The van der Waals surface area contributed by atoms with Crippen molar-refractivity contribution >= 4 is 11.8 Å². The van der Waals surface area contributed by atoms with Crippen LogP contribution in [0.4, 0.5) is 0 Å². The Kier molecular flexibility index (Phi) is 3.77. The standard InChI is InChI=1S/C18H30N2O2/c1-11-7-12-8-13(10-18(3,9-12)15(19)21)14(11)20-16(22)17(2)5-4-6-17/h11-14H,4-10H2,1-3H3,(H2,19,21)(H,20,22). The highest BCUT2D eigenvalue weighted by molar-refractivity contribution is 5.83. The van der Waals surface area contributed by atoms with E-state index in [9.17, 15) is 9.59 Å². The molecule has 3 N–H and O–H groups in total. The van der Waals surface area contributed by atoms with Gasteiger partial charge < -0.3 is 11.1 Å². The van der Waals surface area contributed by atoms with E-state index in [0.717, 1.165) is 44.9 Å². The van der Waals surface area contributed by atoms with Gasteiger partial charge in [-0.1, -0.05) is 27.2 Å². The van der Waals surface area contributed by atoms with Crippen LogP contribution >= 0.6 is 0 Å². The first kappa shape index (κ1) is 15.8. The van der Waals surface area contributed by atoms with Crippen molar-refractivity contribution in [1.82, 2.24) is 5.32 Å². The molecule has 3 saturated carbocycles. The molecule has 22 heavy (non-hydrogen) atoms. The monoisotopic (exact) mass is 306 g/mol. The molecule has 5 unspecified atom stereocenters. The second kappa shape index (κ2) is 5.24. The summed E-state index contributed by atoms with van der Waals surface area (Å²) in [6.45, 7) is 6.34. The first-order valence-corrected chi connectivity index (χ1v) is 8.84. The van der Waals surface area contributed by atoms with Crippen LogP contribution < -0.4 is 11.1 Å². The summed E-state index contributed by atoms with van der Waals surface area (Å²) in [6, 6.07) is 0.208. The van der Waals surface area contributed by atoms with Gasteiger partial charge in [-0.3, -0.25) is 9.59 Å². The Hall–Kier alpha value is -1.06. The number of fused-ring (bicyclic) bond motifs is 2. The molecule has 3 aliphatic rings. The molecule has 0 spiro atoms. The van der Waals surface area contributed by atoms with Crippen molar-refractivity contribution in [1.29, 1.82) is 0 Å². The third-order valence-electron chi connectivity index (χ3n) is 6.81. The van der Waals surface area contributed by atoms with Crippen molar-refractivity contribution in [2.75, 3.05) is 0 Å². The number of primary amides is 1. The van der Waals surface area contributed by atoms with E-state index in [4.69, 9.17) is 5.73 Å². The van der Waals surface area contributed by atoms with E-state index >= 15 is 0 Å². The Balaban J connectivity index is 1.73. The predicted molar refractivity (Wildman–Crippen MR) is 85.8 cm³/mol. The minimum atomic E-state index is -0.392. The fourth-order valence-corrected chi connectivity index (χ4v) is 5.21. The normalized spacial score (nSPS) is 43.0. The zero-order valence-electron chi connectivity index (χ0n) is 14.2. The summed E-state index contributed by atoms with van der Waals surface area (Å²) in [4.78, 5) is 24.5. The van der Waals surface area contributed by atoms with E-state index in [1.54, 1.807) is 0 Å². The first-order valence-electron chi connectivity index (χ1n) is 8.84. The van der Waals surface area contributed by atoms with Crippen LogP contribution in [0, 0.1) is 28.6 Å². The van der Waals surface area contributed by atoms with Gasteiger partial charge in [0, 0.05) is 16.9 Å². The zero-order valence-corrected chi connectivity index (χ0v) is 14.2. The van der Waals surface area contributed by atoms with Crippen molar-refractivity contribution in [3.05, 3.63) is 0 Å². The molecular weight excluding hydrogens is 276 g/mol. The maximum Gasteiger partial charge on any atom is 0.226 e. The van der Waals surface area contributed by atoms with Crippen LogP contribution in [-0.4, -0.2) is 17.9 Å². The molecule has 2 amide bonds. The molecule has 0 aromatic carbocycles. The summed E-state index contributed by atoms with van der Waals surface area (Å²) in [7, 11) is 0. The zero-order chi connectivity index (χ0) is 16.1. The molecule has 0 aliphatic heterocycles. The Morgan fingerprint density at radius 1 is 1.09 bits per heavy atom. The number of rotatable bonds is 3. The third kappa shape index (κ3) is 2.55. The highest BCUT2D eigenvalue weighted by atomic mass is 16.2. The van der Waals surface area contributed by atoms with Crippen molar-refractivity contribution in [3.63, 3.8) is 0 Å². The molecular formula is C18H30N2O2. The van der Waals surface area contributed by atoms with Gasteiger partial charge in [-0.15, -0.1) is 0 Å². The Bertz CT molecular complexity index is 483. The molecule has 3 fully saturated rings. The fourth-order valence-electron chi connectivity index (χ4n) is 5.21. The van der Waals surface area contributed by atoms with Gasteiger partial charge in [-0.25, -0.2) is 0 Å². The topological polar surface area (TPSA) is 72.2 Å². The van der Waals surface area contributed by atoms with Crippen molar-refractivity contribution in [3.8, 4) is 0 Å². The van der Waals surface area contributed by atoms with Crippen LogP contribution in [0.1, 0.15) is 65.7 Å². The molecule has 0 aromatic rings. The van der Waals surface area contributed by atoms with Crippen LogP contribution in [0.5, 0.6) is 0 Å². The molecule has 3 rings (SSSR count). The molecule has 5 atom stereocenters. The molecule has 3 aliphatic carbocycles. The van der Waals surface area contributed by atoms with Gasteiger partial charge in [0.15, 0.2) is 0 Å². The SMILES string of the molecule is CC1CC2CC(CC(C)(C(N)=O)C2)C1NC(=O)C1(C)CCC1. The fraction of sp³-hybridized carbons (Fsp3) is 0.889. The van der Waals surface area contributed by atoms with Gasteiger partial charge in [0.2, 0.25) is 11.8 Å². The molecule has 124 valence electrons. The Morgan fingerprint density at radius 2 is 1.77 bits per heavy atom. The minimum Gasteiger partial charge on any atom is -0.369 e. The van der Waals surface area contributed by atoms with Gasteiger partial charge >= 0.3 is 0 Å². The van der Waals surface area contributed by atoms with E-state index in [1.165, 1.54) is 0 Å². The second-order valence-electron chi connectivity index (χ2n) is 8.82. The summed E-state index contributed by atoms with van der Waals surface area (Å²) < 4.78 is 0. The summed E-state index contributed by atoms with van der Waals surface area (Å²) in [6.07, 6.45) is 7.15. The quantitative estimate of drug-likeness (QED) is 0.841. The van der Waals surface area contributed by atoms with E-state index in [1.807, 2.05) is 6.92 Å². The number of carbonyl (C=O) groups excluding carboxylic acids is 2. The highest BCUT2D eigenvalue weighted by Crippen LogP contribution is 2.50. The molecule has 2 bridgehead atoms. The molecule has 4 nitrogen and oxygen atoms in total. The summed E-state index contributed by atoms with van der Waals surface area (Å²) in [5.74, 6) is 1.52. The number of nitrogens with one attached hydrogen (secondary N) is 1. The van der Waals surface area contributed by atoms with Crippen molar-refractivity contribution in [2.24, 2.45) is 34.3 Å². The second-order valence-corrected chi connectivity index (χ2v) is 8.82. The number of hydrogen-bond donors (Lipinski definition) is 2. The van der Waals surface area contributed by atoms with Crippen LogP contribution in [0.2, 0.25) is 0 Å². The number of hydrogen-bond acceptors (Lipinski definition) is 2. The average molecular weight is 306 g/mol. The maximum atomic E-state index is 12.6. The molecule has 0 radical (unpaired) electrons. The number of nitrogens with two attached hydrogens (primary N) is 1. The summed E-state index contributed by atoms with van der Waals surface area (Å²) in [5, 5.41) is 3.35. The van der Waals surface area contributed by atoms with E-state index in [2.05, 4.69) is 19.2 Å². The third-order valence-corrected chi connectivity index (χ3v) is 6.81.